The zero-order valence-corrected chi connectivity index (χ0v) is 25.6. The summed E-state index contributed by atoms with van der Waals surface area (Å²) in [7, 11) is 1.86. The number of rotatable bonds is 14. The summed E-state index contributed by atoms with van der Waals surface area (Å²) in [5, 5.41) is 5.66. The topological polar surface area (TPSA) is 84.9 Å². The fourth-order valence-electron chi connectivity index (χ4n) is 5.47. The Morgan fingerprint density at radius 2 is 1.69 bits per heavy atom. The number of anilines is 1. The second kappa shape index (κ2) is 15.4. The molecular formula is C33H41F2N7O3. The number of amides is 2. The van der Waals surface area contributed by atoms with Crippen LogP contribution in [-0.4, -0.2) is 87.2 Å². The molecule has 1 atom stereocenters. The molecule has 2 aromatic carbocycles. The van der Waals surface area contributed by atoms with Gasteiger partial charge in [0.1, 0.15) is 11.6 Å². The zero-order chi connectivity index (χ0) is 31.6. The first kappa shape index (κ1) is 31.8. The second-order valence-electron chi connectivity index (χ2n) is 11.2. The molecule has 2 amide bonds. The molecule has 12 heteroatoms. The molecule has 2 aliphatic heterocycles. The summed E-state index contributed by atoms with van der Waals surface area (Å²) in [6, 6.07) is 11.3. The summed E-state index contributed by atoms with van der Waals surface area (Å²) in [6.07, 6.45) is 10.7. The number of ether oxygens (including phenoxy) is 2. The Labute approximate surface area is 263 Å². The van der Waals surface area contributed by atoms with Crippen LogP contribution in [0.4, 0.5) is 19.3 Å². The van der Waals surface area contributed by atoms with E-state index in [9.17, 15) is 13.6 Å². The molecule has 2 fully saturated rings. The molecule has 0 spiro atoms. The molecule has 2 saturated heterocycles. The van der Waals surface area contributed by atoms with Gasteiger partial charge in [0.2, 0.25) is 0 Å². The van der Waals surface area contributed by atoms with Gasteiger partial charge in [-0.15, -0.1) is 0 Å². The van der Waals surface area contributed by atoms with Crippen molar-refractivity contribution in [3.8, 4) is 11.5 Å². The highest BCUT2D eigenvalue weighted by atomic mass is 19.1. The van der Waals surface area contributed by atoms with E-state index in [1.54, 1.807) is 9.91 Å². The van der Waals surface area contributed by atoms with Crippen LogP contribution in [0.25, 0.3) is 0 Å². The minimum atomic E-state index is -0.721. The molecule has 2 aromatic rings. The first-order valence-electron chi connectivity index (χ1n) is 15.3. The van der Waals surface area contributed by atoms with Crippen molar-refractivity contribution in [3.05, 3.63) is 89.8 Å². The van der Waals surface area contributed by atoms with E-state index in [1.807, 2.05) is 25.3 Å². The maximum Gasteiger partial charge on any atom is 0.337 e. The molecule has 10 nitrogen and oxygen atoms in total. The molecule has 0 unspecified atom stereocenters. The van der Waals surface area contributed by atoms with E-state index in [-0.39, 0.29) is 24.3 Å². The smallest absolute Gasteiger partial charge is 0.337 e. The molecule has 0 radical (unpaired) electrons. The Kier molecular flexibility index (Phi) is 10.9. The van der Waals surface area contributed by atoms with Crippen LogP contribution < -0.4 is 25.2 Å². The van der Waals surface area contributed by atoms with Crippen LogP contribution in [0.15, 0.2) is 83.3 Å². The van der Waals surface area contributed by atoms with Gasteiger partial charge in [-0.25, -0.2) is 19.0 Å². The third-order valence-electron chi connectivity index (χ3n) is 8.10. The molecule has 0 saturated carbocycles. The van der Waals surface area contributed by atoms with E-state index in [0.717, 1.165) is 75.2 Å². The predicted octanol–water partition coefficient (Wildman–Crippen LogP) is 4.70. The van der Waals surface area contributed by atoms with E-state index >= 15 is 0 Å². The molecular weight excluding hydrogens is 580 g/mol. The van der Waals surface area contributed by atoms with Crippen LogP contribution in [0.2, 0.25) is 0 Å². The lowest BCUT2D eigenvalue weighted by Gasteiger charge is -2.38. The third kappa shape index (κ3) is 8.75. The largest absolute Gasteiger partial charge is 0.493 e. The normalized spacial score (nSPS) is 17.3. The average Bonchev–Trinajstić information content (AvgIpc) is 3.33. The molecule has 45 heavy (non-hydrogen) atoms. The lowest BCUT2D eigenvalue weighted by molar-refractivity contribution is 0.160. The second-order valence-corrected chi connectivity index (χ2v) is 11.2. The summed E-state index contributed by atoms with van der Waals surface area (Å²) in [4.78, 5) is 18.4. The van der Waals surface area contributed by atoms with Gasteiger partial charge in [-0.3, -0.25) is 10.3 Å². The monoisotopic (exact) mass is 621 g/mol. The van der Waals surface area contributed by atoms with Gasteiger partial charge < -0.3 is 24.3 Å². The van der Waals surface area contributed by atoms with E-state index in [0.29, 0.717) is 13.3 Å². The number of piperazine rings is 1. The first-order chi connectivity index (χ1) is 21.9. The van der Waals surface area contributed by atoms with Gasteiger partial charge in [0.15, 0.2) is 11.6 Å². The lowest BCUT2D eigenvalue weighted by Crippen LogP contribution is -2.45. The minimum Gasteiger partial charge on any atom is -0.493 e. The van der Waals surface area contributed by atoms with Crippen LogP contribution in [0.3, 0.4) is 0 Å². The average molecular weight is 622 g/mol. The fraction of sp³-hybridized carbons (Fsp3) is 0.394. The number of allylic oxidation sites excluding steroid dienone is 4. The first-order valence-corrected chi connectivity index (χ1v) is 15.3. The summed E-state index contributed by atoms with van der Waals surface area (Å²) < 4.78 is 39.2. The van der Waals surface area contributed by atoms with Gasteiger partial charge >= 0.3 is 6.03 Å². The lowest BCUT2D eigenvalue weighted by atomic mass is 10.1. The quantitative estimate of drug-likeness (QED) is 0.234. The van der Waals surface area contributed by atoms with Crippen LogP contribution in [0.5, 0.6) is 11.5 Å². The van der Waals surface area contributed by atoms with Crippen molar-refractivity contribution in [2.24, 2.45) is 11.0 Å². The molecule has 3 aliphatic rings. The fourth-order valence-corrected chi connectivity index (χ4v) is 5.47. The van der Waals surface area contributed by atoms with Crippen LogP contribution in [-0.2, 0) is 0 Å². The summed E-state index contributed by atoms with van der Waals surface area (Å²) >= 11 is 0. The van der Waals surface area contributed by atoms with Gasteiger partial charge in [0.05, 0.1) is 19.9 Å². The molecule has 0 bridgehead atoms. The molecule has 240 valence electrons. The SMILES string of the molecule is C=NN(C)CCC[C@H](COc1ccc(N2CCN(C3=CCC=C(N4CNNC4=O)C=C3)CC2)cc1)COc1ccc(F)cc1F. The Balaban J connectivity index is 1.10. The van der Waals surface area contributed by atoms with Crippen molar-refractivity contribution in [3.63, 3.8) is 0 Å². The number of nitrogens with zero attached hydrogens (tertiary/aromatic N) is 5. The van der Waals surface area contributed by atoms with Gasteiger partial charge in [0.25, 0.3) is 0 Å². The van der Waals surface area contributed by atoms with Crippen molar-refractivity contribution in [1.29, 1.82) is 0 Å². The highest BCUT2D eigenvalue weighted by Gasteiger charge is 2.23. The van der Waals surface area contributed by atoms with Crippen molar-refractivity contribution < 1.29 is 23.0 Å². The molecule has 2 heterocycles. The van der Waals surface area contributed by atoms with E-state index in [2.05, 4.69) is 62.8 Å². The molecule has 1 aliphatic carbocycles. The molecule has 5 rings (SSSR count). The Morgan fingerprint density at radius 3 is 2.40 bits per heavy atom. The Morgan fingerprint density at radius 1 is 0.978 bits per heavy atom. The number of urea groups is 1. The molecule has 2 N–H and O–H groups in total. The number of hydrogen-bond donors (Lipinski definition) is 2. The maximum atomic E-state index is 14.1. The van der Waals surface area contributed by atoms with Gasteiger partial charge in [-0.2, -0.15) is 5.10 Å². The van der Waals surface area contributed by atoms with Gasteiger partial charge in [-0.1, -0.05) is 12.2 Å². The van der Waals surface area contributed by atoms with Crippen LogP contribution in [0, 0.1) is 17.6 Å². The van der Waals surface area contributed by atoms with Crippen molar-refractivity contribution in [2.75, 3.05) is 64.6 Å². The number of carbonyl (C=O) groups is 1. The maximum absolute atomic E-state index is 14.1. The van der Waals surface area contributed by atoms with Crippen molar-refractivity contribution in [1.82, 2.24) is 25.7 Å². The summed E-state index contributed by atoms with van der Waals surface area (Å²) in [6.45, 7) is 8.91. The summed E-state index contributed by atoms with van der Waals surface area (Å²) in [5.74, 6) is -0.598. The Hall–Kier alpha value is -4.58. The Bertz CT molecular complexity index is 1410. The number of nitrogens with one attached hydrogen (secondary N) is 2. The van der Waals surface area contributed by atoms with Crippen molar-refractivity contribution >= 4 is 18.4 Å². The number of hydrazine groups is 1. The highest BCUT2D eigenvalue weighted by Crippen LogP contribution is 2.25. The zero-order valence-electron chi connectivity index (χ0n) is 25.6. The summed E-state index contributed by atoms with van der Waals surface area (Å²) in [5.41, 5.74) is 8.67. The highest BCUT2D eigenvalue weighted by molar-refractivity contribution is 5.78. The minimum absolute atomic E-state index is 0.0109. The number of hydrogen-bond acceptors (Lipinski definition) is 8. The number of benzene rings is 2. The molecule has 0 aromatic heterocycles. The van der Waals surface area contributed by atoms with E-state index < -0.39 is 11.6 Å². The van der Waals surface area contributed by atoms with Crippen LogP contribution >= 0.6 is 0 Å². The van der Waals surface area contributed by atoms with Crippen LogP contribution in [0.1, 0.15) is 19.3 Å². The number of carbonyl (C=O) groups excluding carboxylic acids is 1. The van der Waals surface area contributed by atoms with Crippen molar-refractivity contribution in [2.45, 2.75) is 19.3 Å². The van der Waals surface area contributed by atoms with E-state index in [1.165, 1.54) is 17.8 Å². The number of hydrazone groups is 1. The van der Waals surface area contributed by atoms with Gasteiger partial charge in [-0.05, 0) is 67.8 Å². The third-order valence-corrected chi connectivity index (χ3v) is 8.10. The number of halogens is 2. The predicted molar refractivity (Wildman–Crippen MR) is 171 cm³/mol. The van der Waals surface area contributed by atoms with Gasteiger partial charge in [0, 0.05) is 75.6 Å². The standard InChI is InChI=1S/C33H41F2N7O3/c1-36-39(2)16-4-5-25(23-45-32-15-8-26(34)21-31(32)35)22-44-30-13-11-28(12-14-30)41-19-17-40(18-20-41)27-6-3-7-29(10-9-27)42-24-37-38-33(42)43/h6-15,21,25,37H,1,3-5,16-20,22-24H2,2H3,(H,38,43)/t25-/m1/s1. The van der Waals surface area contributed by atoms with E-state index in [4.69, 9.17) is 9.47 Å².